The monoisotopic (exact) mass is 372 g/mol. The Balaban J connectivity index is 1.90. The highest BCUT2D eigenvalue weighted by atomic mass is 32.2. The van der Waals surface area contributed by atoms with Gasteiger partial charge in [-0.1, -0.05) is 42.4 Å². The van der Waals surface area contributed by atoms with Gasteiger partial charge in [-0.05, 0) is 43.5 Å². The predicted molar refractivity (Wildman–Crippen MR) is 103 cm³/mol. The van der Waals surface area contributed by atoms with Crippen LogP contribution in [-0.4, -0.2) is 28.5 Å². The van der Waals surface area contributed by atoms with Crippen LogP contribution in [0.1, 0.15) is 53.8 Å². The molecule has 0 aliphatic carbocycles. The van der Waals surface area contributed by atoms with Gasteiger partial charge in [-0.15, -0.1) is 0 Å². The summed E-state index contributed by atoms with van der Waals surface area (Å²) in [6.45, 7) is 2.62. The zero-order chi connectivity index (χ0) is 18.8. The second kappa shape index (κ2) is 10.6. The number of pyridine rings is 1. The van der Waals surface area contributed by atoms with Gasteiger partial charge in [-0.25, -0.2) is 4.98 Å². The van der Waals surface area contributed by atoms with Gasteiger partial charge in [0.15, 0.2) is 0 Å². The van der Waals surface area contributed by atoms with Crippen molar-refractivity contribution in [3.05, 3.63) is 59.8 Å². The van der Waals surface area contributed by atoms with Gasteiger partial charge in [0, 0.05) is 30.0 Å². The molecule has 1 aromatic heterocycles. The number of nitrogens with one attached hydrogen (secondary N) is 1. The molecule has 6 heteroatoms. The molecule has 26 heavy (non-hydrogen) atoms. The van der Waals surface area contributed by atoms with Crippen LogP contribution in [-0.2, 0) is 4.79 Å². The molecule has 0 saturated carbocycles. The lowest BCUT2D eigenvalue weighted by Crippen LogP contribution is -2.25. The van der Waals surface area contributed by atoms with E-state index in [-0.39, 0.29) is 17.6 Å². The smallest absolute Gasteiger partial charge is 0.303 e. The van der Waals surface area contributed by atoms with Crippen molar-refractivity contribution in [3.8, 4) is 0 Å². The van der Waals surface area contributed by atoms with Crippen molar-refractivity contribution >= 4 is 23.6 Å². The number of hydrogen-bond donors (Lipinski definition) is 2. The number of unbranched alkanes of at least 4 members (excludes halogenated alkanes) is 2. The quantitative estimate of drug-likeness (QED) is 0.480. The fourth-order valence-corrected chi connectivity index (χ4v) is 3.57. The molecule has 2 N–H and O–H groups in total. The molecule has 0 aliphatic rings. The van der Waals surface area contributed by atoms with Crippen LogP contribution in [0.5, 0.6) is 0 Å². The zero-order valence-corrected chi connectivity index (χ0v) is 15.7. The number of carbonyl (C=O) groups excluding carboxylic acids is 1. The van der Waals surface area contributed by atoms with Crippen molar-refractivity contribution in [1.29, 1.82) is 0 Å². The van der Waals surface area contributed by atoms with E-state index in [9.17, 15) is 9.59 Å². The SMILES string of the molecule is CC(Sc1ccccn1)c1ccccc1C(=O)NCCCCCC(=O)O. The number of nitrogens with zero attached hydrogens (tertiary/aromatic N) is 1. The molecule has 138 valence electrons. The highest BCUT2D eigenvalue weighted by molar-refractivity contribution is 7.99. The van der Waals surface area contributed by atoms with E-state index in [2.05, 4.69) is 17.2 Å². The van der Waals surface area contributed by atoms with E-state index in [4.69, 9.17) is 5.11 Å². The van der Waals surface area contributed by atoms with E-state index >= 15 is 0 Å². The number of carbonyl (C=O) groups is 2. The molecule has 1 atom stereocenters. The number of benzene rings is 1. The first kappa shape index (κ1) is 20.0. The summed E-state index contributed by atoms with van der Waals surface area (Å²) in [6.07, 6.45) is 4.15. The normalized spacial score (nSPS) is 11.7. The fourth-order valence-electron chi connectivity index (χ4n) is 2.59. The lowest BCUT2D eigenvalue weighted by Gasteiger charge is -2.15. The number of carboxylic acid groups (broad SMARTS) is 1. The standard InChI is InChI=1S/C20H24N2O3S/c1-15(26-18-11-6-8-13-21-18)16-9-4-5-10-17(16)20(25)22-14-7-2-3-12-19(23)24/h4-6,8-11,13,15H,2-3,7,12,14H2,1H3,(H,22,25)(H,23,24). The van der Waals surface area contributed by atoms with E-state index in [0.717, 1.165) is 23.4 Å². The number of rotatable bonds is 10. The highest BCUT2D eigenvalue weighted by Gasteiger charge is 2.16. The molecule has 1 amide bonds. The first-order valence-corrected chi connectivity index (χ1v) is 9.62. The Kier molecular flexibility index (Phi) is 8.15. The summed E-state index contributed by atoms with van der Waals surface area (Å²) < 4.78 is 0. The number of hydrogen-bond acceptors (Lipinski definition) is 4. The largest absolute Gasteiger partial charge is 0.481 e. The number of amides is 1. The Bertz CT molecular complexity index is 722. The Labute approximate surface area is 158 Å². The van der Waals surface area contributed by atoms with Gasteiger partial charge in [0.2, 0.25) is 0 Å². The van der Waals surface area contributed by atoms with Gasteiger partial charge in [0.1, 0.15) is 0 Å². The number of carboxylic acids is 1. The molecule has 0 saturated heterocycles. The molecule has 2 rings (SSSR count). The van der Waals surface area contributed by atoms with Crippen molar-refractivity contribution < 1.29 is 14.7 Å². The van der Waals surface area contributed by atoms with E-state index in [1.807, 2.05) is 42.5 Å². The van der Waals surface area contributed by atoms with Crippen molar-refractivity contribution in [2.75, 3.05) is 6.54 Å². The van der Waals surface area contributed by atoms with Gasteiger partial charge in [0.25, 0.3) is 5.91 Å². The van der Waals surface area contributed by atoms with Crippen molar-refractivity contribution in [2.45, 2.75) is 42.9 Å². The molecule has 0 fully saturated rings. The fraction of sp³-hybridized carbons (Fsp3) is 0.350. The summed E-state index contributed by atoms with van der Waals surface area (Å²) in [4.78, 5) is 27.3. The van der Waals surface area contributed by atoms with Gasteiger partial charge >= 0.3 is 5.97 Å². The molecule has 0 spiro atoms. The Morgan fingerprint density at radius 1 is 1.12 bits per heavy atom. The second-order valence-corrected chi connectivity index (χ2v) is 7.34. The van der Waals surface area contributed by atoms with Gasteiger partial charge < -0.3 is 10.4 Å². The summed E-state index contributed by atoms with van der Waals surface area (Å²) in [7, 11) is 0. The van der Waals surface area contributed by atoms with Crippen molar-refractivity contribution in [1.82, 2.24) is 10.3 Å². The van der Waals surface area contributed by atoms with Crippen LogP contribution in [0.25, 0.3) is 0 Å². The van der Waals surface area contributed by atoms with Crippen LogP contribution in [0.2, 0.25) is 0 Å². The topological polar surface area (TPSA) is 79.3 Å². The number of aromatic nitrogens is 1. The third-order valence-corrected chi connectivity index (χ3v) is 5.02. The Morgan fingerprint density at radius 2 is 1.88 bits per heavy atom. The number of aliphatic carboxylic acids is 1. The minimum Gasteiger partial charge on any atom is -0.481 e. The van der Waals surface area contributed by atoms with Gasteiger partial charge in [-0.2, -0.15) is 0 Å². The molecule has 0 radical (unpaired) electrons. The maximum Gasteiger partial charge on any atom is 0.303 e. The maximum atomic E-state index is 12.5. The molecule has 2 aromatic rings. The van der Waals surface area contributed by atoms with Crippen molar-refractivity contribution in [3.63, 3.8) is 0 Å². The van der Waals surface area contributed by atoms with E-state index in [1.165, 1.54) is 0 Å². The summed E-state index contributed by atoms with van der Waals surface area (Å²) in [5.74, 6) is -0.866. The lowest BCUT2D eigenvalue weighted by atomic mass is 10.0. The van der Waals surface area contributed by atoms with E-state index in [0.29, 0.717) is 18.5 Å². The summed E-state index contributed by atoms with van der Waals surface area (Å²) in [5.41, 5.74) is 1.65. The summed E-state index contributed by atoms with van der Waals surface area (Å²) in [5, 5.41) is 12.6. The van der Waals surface area contributed by atoms with Crippen LogP contribution in [0, 0.1) is 0 Å². The maximum absolute atomic E-state index is 12.5. The Hall–Kier alpha value is -2.34. The summed E-state index contributed by atoms with van der Waals surface area (Å²) >= 11 is 1.62. The molecule has 1 unspecified atom stereocenters. The highest BCUT2D eigenvalue weighted by Crippen LogP contribution is 2.35. The average molecular weight is 372 g/mol. The first-order chi connectivity index (χ1) is 12.6. The van der Waals surface area contributed by atoms with E-state index in [1.54, 1.807) is 18.0 Å². The first-order valence-electron chi connectivity index (χ1n) is 8.74. The molecule has 1 heterocycles. The Morgan fingerprint density at radius 3 is 2.62 bits per heavy atom. The van der Waals surface area contributed by atoms with Crippen molar-refractivity contribution in [2.24, 2.45) is 0 Å². The average Bonchev–Trinajstić information content (AvgIpc) is 2.65. The van der Waals surface area contributed by atoms with Crippen LogP contribution in [0.4, 0.5) is 0 Å². The van der Waals surface area contributed by atoms with Gasteiger partial charge in [-0.3, -0.25) is 9.59 Å². The van der Waals surface area contributed by atoms with Crippen LogP contribution >= 0.6 is 11.8 Å². The second-order valence-electron chi connectivity index (χ2n) is 5.98. The predicted octanol–water partition coefficient (Wildman–Crippen LogP) is 4.31. The zero-order valence-electron chi connectivity index (χ0n) is 14.9. The molecule has 1 aromatic carbocycles. The van der Waals surface area contributed by atoms with E-state index < -0.39 is 5.97 Å². The minimum atomic E-state index is -0.776. The molecular weight excluding hydrogens is 348 g/mol. The summed E-state index contributed by atoms with van der Waals surface area (Å²) in [6, 6.07) is 13.4. The third-order valence-electron chi connectivity index (χ3n) is 3.93. The van der Waals surface area contributed by atoms with Gasteiger partial charge in [0.05, 0.1) is 5.03 Å². The molecule has 0 bridgehead atoms. The van der Waals surface area contributed by atoms with Crippen LogP contribution < -0.4 is 5.32 Å². The minimum absolute atomic E-state index is 0.0905. The molecular formula is C20H24N2O3S. The number of thioether (sulfide) groups is 1. The third kappa shape index (κ3) is 6.52. The molecule has 5 nitrogen and oxygen atoms in total. The lowest BCUT2D eigenvalue weighted by molar-refractivity contribution is -0.137. The molecule has 0 aliphatic heterocycles. The van der Waals surface area contributed by atoms with Crippen LogP contribution in [0.3, 0.4) is 0 Å². The van der Waals surface area contributed by atoms with Crippen LogP contribution in [0.15, 0.2) is 53.7 Å².